The van der Waals surface area contributed by atoms with Crippen LogP contribution in [0.3, 0.4) is 0 Å². The van der Waals surface area contributed by atoms with Crippen molar-refractivity contribution >= 4 is 29.9 Å². The summed E-state index contributed by atoms with van der Waals surface area (Å²) in [5, 5.41) is 10.8. The third-order valence-electron chi connectivity index (χ3n) is 3.41. The van der Waals surface area contributed by atoms with Crippen LogP contribution in [0.15, 0.2) is 41.7 Å². The smallest absolute Gasteiger partial charge is 0.191 e. The number of para-hydroxylation sites is 1. The highest BCUT2D eigenvalue weighted by atomic mass is 127. The molecule has 6 nitrogen and oxygen atoms in total. The molecule has 1 aromatic heterocycles. The highest BCUT2D eigenvalue weighted by Gasteiger charge is 2.04. The Morgan fingerprint density at radius 1 is 1.29 bits per heavy atom. The lowest BCUT2D eigenvalue weighted by molar-refractivity contribution is 0.336. The topological polar surface area (TPSA) is 63.5 Å². The van der Waals surface area contributed by atoms with Crippen molar-refractivity contribution in [3.63, 3.8) is 0 Å². The number of rotatable bonds is 7. The molecule has 0 aliphatic carbocycles. The van der Waals surface area contributed by atoms with Gasteiger partial charge in [0.25, 0.3) is 0 Å². The van der Waals surface area contributed by atoms with Gasteiger partial charge in [-0.05, 0) is 25.0 Å². The van der Waals surface area contributed by atoms with Crippen LogP contribution in [-0.4, -0.2) is 35.9 Å². The predicted octanol–water partition coefficient (Wildman–Crippen LogP) is 2.34. The zero-order valence-corrected chi connectivity index (χ0v) is 16.8. The van der Waals surface area contributed by atoms with Gasteiger partial charge in [-0.25, -0.2) is 0 Å². The van der Waals surface area contributed by atoms with E-state index in [2.05, 4.69) is 26.8 Å². The van der Waals surface area contributed by atoms with Crippen LogP contribution >= 0.6 is 24.0 Å². The Morgan fingerprint density at radius 3 is 2.75 bits per heavy atom. The Morgan fingerprint density at radius 2 is 2.08 bits per heavy atom. The fourth-order valence-corrected chi connectivity index (χ4v) is 2.27. The lowest BCUT2D eigenvalue weighted by Crippen LogP contribution is -2.37. The van der Waals surface area contributed by atoms with E-state index in [9.17, 15) is 0 Å². The Hall–Kier alpha value is -1.77. The van der Waals surface area contributed by atoms with E-state index in [1.807, 2.05) is 49.2 Å². The van der Waals surface area contributed by atoms with Crippen LogP contribution in [0.4, 0.5) is 0 Å². The summed E-state index contributed by atoms with van der Waals surface area (Å²) in [5.74, 6) is 1.69. The maximum atomic E-state index is 5.63. The Balaban J connectivity index is 0.00000288. The first-order valence-electron chi connectivity index (χ1n) is 7.85. The second-order valence-electron chi connectivity index (χ2n) is 5.17. The first-order chi connectivity index (χ1) is 11.2. The van der Waals surface area contributed by atoms with Crippen LogP contribution in [0, 0.1) is 0 Å². The summed E-state index contributed by atoms with van der Waals surface area (Å²) in [5.41, 5.74) is 2.32. The number of aryl methyl sites for hydroxylation is 1. The molecule has 7 heteroatoms. The van der Waals surface area contributed by atoms with Crippen LogP contribution in [0.25, 0.3) is 0 Å². The summed E-state index contributed by atoms with van der Waals surface area (Å²) in [6, 6.07) is 8.04. The molecular weight excluding hydrogens is 417 g/mol. The molecule has 1 aromatic carbocycles. The van der Waals surface area contributed by atoms with Gasteiger partial charge in [-0.3, -0.25) is 9.67 Å². The molecule has 0 atom stereocenters. The highest BCUT2D eigenvalue weighted by Crippen LogP contribution is 2.17. The van der Waals surface area contributed by atoms with Gasteiger partial charge in [0.1, 0.15) is 5.75 Å². The molecule has 2 N–H and O–H groups in total. The molecule has 24 heavy (non-hydrogen) atoms. The van der Waals surface area contributed by atoms with Gasteiger partial charge >= 0.3 is 0 Å². The van der Waals surface area contributed by atoms with Crippen LogP contribution in [-0.2, 0) is 20.0 Å². The lowest BCUT2D eigenvalue weighted by Gasteiger charge is -2.14. The molecule has 0 saturated carbocycles. The second kappa shape index (κ2) is 10.9. The number of nitrogens with zero attached hydrogens (tertiary/aromatic N) is 3. The fraction of sp³-hybridized carbons (Fsp3) is 0.412. The molecule has 0 unspecified atom stereocenters. The molecule has 0 radical (unpaired) electrons. The summed E-state index contributed by atoms with van der Waals surface area (Å²) in [4.78, 5) is 4.25. The molecule has 1 heterocycles. The number of benzene rings is 1. The maximum Gasteiger partial charge on any atom is 0.191 e. The highest BCUT2D eigenvalue weighted by molar-refractivity contribution is 14.0. The zero-order chi connectivity index (χ0) is 16.5. The largest absolute Gasteiger partial charge is 0.494 e. The zero-order valence-electron chi connectivity index (χ0n) is 14.5. The molecular formula is C17H26IN5O. The van der Waals surface area contributed by atoms with E-state index in [4.69, 9.17) is 4.74 Å². The molecule has 2 aromatic rings. The number of hydrogen-bond donors (Lipinski definition) is 2. The third kappa shape index (κ3) is 6.38. The summed E-state index contributed by atoms with van der Waals surface area (Å²) in [7, 11) is 3.70. The van der Waals surface area contributed by atoms with E-state index < -0.39 is 0 Å². The van der Waals surface area contributed by atoms with Gasteiger partial charge in [0, 0.05) is 38.9 Å². The number of halogens is 1. The molecule has 0 spiro atoms. The number of aliphatic imine (C=N–C) groups is 1. The molecule has 0 aliphatic heterocycles. The van der Waals surface area contributed by atoms with Gasteiger partial charge in [0.05, 0.1) is 12.8 Å². The Kier molecular flexibility index (Phi) is 9.21. The van der Waals surface area contributed by atoms with Crippen molar-refractivity contribution in [3.8, 4) is 5.75 Å². The number of guanidine groups is 1. The summed E-state index contributed by atoms with van der Waals surface area (Å²) in [6.07, 6.45) is 4.82. The second-order valence-corrected chi connectivity index (χ2v) is 5.17. The summed E-state index contributed by atoms with van der Waals surface area (Å²) in [6.45, 7) is 4.12. The van der Waals surface area contributed by atoms with Gasteiger partial charge in [-0.15, -0.1) is 24.0 Å². The SMILES string of the molecule is CCOc1ccccc1CNC(=NC)NCCc1cnn(C)c1.I. The van der Waals surface area contributed by atoms with E-state index >= 15 is 0 Å². The van der Waals surface area contributed by atoms with Crippen LogP contribution in [0.5, 0.6) is 5.75 Å². The monoisotopic (exact) mass is 443 g/mol. The fourth-order valence-electron chi connectivity index (χ4n) is 2.27. The average Bonchev–Trinajstić information content (AvgIpc) is 2.97. The average molecular weight is 443 g/mol. The van der Waals surface area contributed by atoms with Crippen LogP contribution in [0.1, 0.15) is 18.1 Å². The molecule has 0 fully saturated rings. The van der Waals surface area contributed by atoms with Crippen molar-refractivity contribution in [3.05, 3.63) is 47.8 Å². The third-order valence-corrected chi connectivity index (χ3v) is 3.41. The molecule has 0 bridgehead atoms. The van der Waals surface area contributed by atoms with Crippen molar-refractivity contribution < 1.29 is 4.74 Å². The molecule has 2 rings (SSSR count). The Labute approximate surface area is 160 Å². The summed E-state index contributed by atoms with van der Waals surface area (Å²) < 4.78 is 7.45. The summed E-state index contributed by atoms with van der Waals surface area (Å²) >= 11 is 0. The van der Waals surface area contributed by atoms with Gasteiger partial charge < -0.3 is 15.4 Å². The van der Waals surface area contributed by atoms with E-state index in [1.54, 1.807) is 7.05 Å². The maximum absolute atomic E-state index is 5.63. The molecule has 0 saturated heterocycles. The molecule has 0 amide bonds. The van der Waals surface area contributed by atoms with Crippen LogP contribution < -0.4 is 15.4 Å². The van der Waals surface area contributed by atoms with Gasteiger partial charge in [-0.2, -0.15) is 5.10 Å². The molecule has 132 valence electrons. The number of aromatic nitrogens is 2. The van der Waals surface area contributed by atoms with E-state index in [0.717, 1.165) is 30.2 Å². The quantitative estimate of drug-likeness (QED) is 0.392. The van der Waals surface area contributed by atoms with Crippen LogP contribution in [0.2, 0.25) is 0 Å². The minimum absolute atomic E-state index is 0. The number of ether oxygens (including phenoxy) is 1. The predicted molar refractivity (Wildman–Crippen MR) is 108 cm³/mol. The van der Waals surface area contributed by atoms with E-state index in [0.29, 0.717) is 13.2 Å². The molecule has 0 aliphatic rings. The van der Waals surface area contributed by atoms with Gasteiger partial charge in [0.15, 0.2) is 5.96 Å². The minimum Gasteiger partial charge on any atom is -0.494 e. The normalized spacial score (nSPS) is 10.9. The van der Waals surface area contributed by atoms with Crippen molar-refractivity contribution in [2.24, 2.45) is 12.0 Å². The van der Waals surface area contributed by atoms with E-state index in [-0.39, 0.29) is 24.0 Å². The van der Waals surface area contributed by atoms with Gasteiger partial charge in [-0.1, -0.05) is 18.2 Å². The Bertz CT molecular complexity index is 641. The number of hydrogen-bond acceptors (Lipinski definition) is 3. The minimum atomic E-state index is 0. The van der Waals surface area contributed by atoms with Gasteiger partial charge in [0.2, 0.25) is 0 Å². The number of nitrogens with one attached hydrogen (secondary N) is 2. The van der Waals surface area contributed by atoms with E-state index in [1.165, 1.54) is 5.56 Å². The van der Waals surface area contributed by atoms with Crippen molar-refractivity contribution in [1.82, 2.24) is 20.4 Å². The standard InChI is InChI=1S/C17H25N5O.HI/c1-4-23-16-8-6-5-7-15(16)12-20-17(18-2)19-10-9-14-11-21-22(3)13-14;/h5-8,11,13H,4,9-10,12H2,1-3H3,(H2,18,19,20);1H. The lowest BCUT2D eigenvalue weighted by atomic mass is 10.2. The first kappa shape index (κ1) is 20.3. The van der Waals surface area contributed by atoms with Crippen molar-refractivity contribution in [1.29, 1.82) is 0 Å². The first-order valence-corrected chi connectivity index (χ1v) is 7.85. The van der Waals surface area contributed by atoms with Crippen molar-refractivity contribution in [2.75, 3.05) is 20.2 Å². The van der Waals surface area contributed by atoms with Crippen molar-refractivity contribution in [2.45, 2.75) is 19.9 Å².